The summed E-state index contributed by atoms with van der Waals surface area (Å²) in [5.74, 6) is -0.461. The first-order valence-electron chi connectivity index (χ1n) is 14.6. The van der Waals surface area contributed by atoms with Gasteiger partial charge in [-0.1, -0.05) is 65.7 Å². The number of methoxy groups -OCH3 is 1. The Morgan fingerprint density at radius 2 is 1.37 bits per heavy atom. The van der Waals surface area contributed by atoms with Crippen molar-refractivity contribution < 1.29 is 22.7 Å². The second-order valence-corrected chi connectivity index (χ2v) is 14.5. The molecule has 0 unspecified atom stereocenters. The van der Waals surface area contributed by atoms with Crippen LogP contribution in [0.2, 0.25) is 10.0 Å². The summed E-state index contributed by atoms with van der Waals surface area (Å²) in [5.41, 5.74) is 1.20. The highest BCUT2D eigenvalue weighted by atomic mass is 35.5. The molecule has 242 valence electrons. The van der Waals surface area contributed by atoms with Gasteiger partial charge < -0.3 is 15.0 Å². The van der Waals surface area contributed by atoms with Crippen molar-refractivity contribution in [3.05, 3.63) is 124 Å². The Morgan fingerprint density at radius 1 is 0.804 bits per heavy atom. The molecule has 1 atom stereocenters. The van der Waals surface area contributed by atoms with Gasteiger partial charge in [-0.15, -0.1) is 0 Å². The quantitative estimate of drug-likeness (QED) is 0.178. The van der Waals surface area contributed by atoms with Gasteiger partial charge in [-0.05, 0) is 92.6 Å². The highest BCUT2D eigenvalue weighted by Crippen LogP contribution is 2.27. The van der Waals surface area contributed by atoms with Crippen LogP contribution in [0.5, 0.6) is 5.75 Å². The van der Waals surface area contributed by atoms with Gasteiger partial charge in [0.15, 0.2) is 0 Å². The van der Waals surface area contributed by atoms with Crippen LogP contribution < -0.4 is 14.4 Å². The maximum absolute atomic E-state index is 14.5. The van der Waals surface area contributed by atoms with Gasteiger partial charge in [-0.2, -0.15) is 0 Å². The van der Waals surface area contributed by atoms with Crippen molar-refractivity contribution in [1.29, 1.82) is 0 Å². The molecule has 0 aliphatic rings. The van der Waals surface area contributed by atoms with Crippen LogP contribution in [0.15, 0.2) is 108 Å². The van der Waals surface area contributed by atoms with Gasteiger partial charge in [0.25, 0.3) is 10.0 Å². The molecule has 0 aliphatic heterocycles. The van der Waals surface area contributed by atoms with E-state index in [9.17, 15) is 18.0 Å². The van der Waals surface area contributed by atoms with E-state index in [0.717, 1.165) is 15.4 Å². The van der Waals surface area contributed by atoms with Gasteiger partial charge >= 0.3 is 0 Å². The van der Waals surface area contributed by atoms with Crippen LogP contribution in [0.3, 0.4) is 0 Å². The Kier molecular flexibility index (Phi) is 11.4. The third-order valence-corrected chi connectivity index (χ3v) is 9.37. The Bertz CT molecular complexity index is 1730. The number of benzene rings is 4. The standard InChI is InChI=1S/C35H37Cl2N3O5S/c1-35(2,3)38-34(42)32(22-25-8-6-5-7-9-25)39(23-26-10-12-27(36)13-11-26)33(41)24-40(29-16-14-28(37)15-17-29)46(43,44)31-20-18-30(45-4)19-21-31/h5-21,32H,22-24H2,1-4H3,(H,38,42)/t32-/m0/s1. The van der Waals surface area contributed by atoms with Crippen molar-refractivity contribution in [2.75, 3.05) is 18.0 Å². The van der Waals surface area contributed by atoms with E-state index in [1.165, 1.54) is 48.4 Å². The minimum atomic E-state index is -4.26. The lowest BCUT2D eigenvalue weighted by Crippen LogP contribution is -2.56. The Balaban J connectivity index is 1.81. The molecule has 0 heterocycles. The number of carbonyl (C=O) groups excluding carboxylic acids is 2. The molecule has 0 saturated carbocycles. The van der Waals surface area contributed by atoms with Crippen molar-refractivity contribution in [1.82, 2.24) is 10.2 Å². The molecule has 0 spiro atoms. The smallest absolute Gasteiger partial charge is 0.264 e. The first-order chi connectivity index (χ1) is 21.8. The number of ether oxygens (including phenoxy) is 1. The largest absolute Gasteiger partial charge is 0.497 e. The molecule has 1 N–H and O–H groups in total. The van der Waals surface area contributed by atoms with Gasteiger partial charge in [0.2, 0.25) is 11.8 Å². The van der Waals surface area contributed by atoms with Gasteiger partial charge in [0.05, 0.1) is 17.7 Å². The number of hydrogen-bond donors (Lipinski definition) is 1. The van der Waals surface area contributed by atoms with Gasteiger partial charge in [-0.25, -0.2) is 8.42 Å². The predicted octanol–water partition coefficient (Wildman–Crippen LogP) is 6.75. The maximum Gasteiger partial charge on any atom is 0.264 e. The zero-order chi connectivity index (χ0) is 33.5. The van der Waals surface area contributed by atoms with Crippen LogP contribution in [0.25, 0.3) is 0 Å². The molecule has 11 heteroatoms. The van der Waals surface area contributed by atoms with Crippen LogP contribution in [-0.4, -0.2) is 50.4 Å². The number of sulfonamides is 1. The van der Waals surface area contributed by atoms with Crippen LogP contribution in [-0.2, 0) is 32.6 Å². The van der Waals surface area contributed by atoms with E-state index in [1.807, 2.05) is 51.1 Å². The number of amides is 2. The third-order valence-electron chi connectivity index (χ3n) is 7.08. The van der Waals surface area contributed by atoms with E-state index >= 15 is 0 Å². The van der Waals surface area contributed by atoms with Crippen LogP contribution >= 0.6 is 23.2 Å². The molecule has 0 aliphatic carbocycles. The normalized spacial score (nSPS) is 12.2. The molecular weight excluding hydrogens is 645 g/mol. The molecule has 0 bridgehead atoms. The Morgan fingerprint density at radius 3 is 1.91 bits per heavy atom. The zero-order valence-corrected chi connectivity index (χ0v) is 28.4. The minimum Gasteiger partial charge on any atom is -0.497 e. The molecule has 46 heavy (non-hydrogen) atoms. The van der Waals surface area contributed by atoms with E-state index in [1.54, 1.807) is 36.4 Å². The van der Waals surface area contributed by atoms with E-state index in [2.05, 4.69) is 5.32 Å². The topological polar surface area (TPSA) is 96.0 Å². The first-order valence-corrected chi connectivity index (χ1v) is 16.8. The van der Waals surface area contributed by atoms with Crippen LogP contribution in [0, 0.1) is 0 Å². The average Bonchev–Trinajstić information content (AvgIpc) is 3.02. The number of halogens is 2. The molecular formula is C35H37Cl2N3O5S. The Hall–Kier alpha value is -4.05. The van der Waals surface area contributed by atoms with E-state index < -0.39 is 34.1 Å². The summed E-state index contributed by atoms with van der Waals surface area (Å²) in [6, 6.07) is 27.4. The average molecular weight is 683 g/mol. The van der Waals surface area contributed by atoms with Crippen molar-refractivity contribution in [3.63, 3.8) is 0 Å². The third kappa shape index (κ3) is 9.25. The lowest BCUT2D eigenvalue weighted by atomic mass is 10.0. The summed E-state index contributed by atoms with van der Waals surface area (Å²) in [4.78, 5) is 29.9. The molecule has 4 rings (SSSR count). The summed E-state index contributed by atoms with van der Waals surface area (Å²) in [6.45, 7) is 5.03. The van der Waals surface area contributed by atoms with Crippen LogP contribution in [0.4, 0.5) is 5.69 Å². The molecule has 0 aromatic heterocycles. The fourth-order valence-electron chi connectivity index (χ4n) is 4.80. The maximum atomic E-state index is 14.5. The molecule has 4 aromatic carbocycles. The molecule has 0 saturated heterocycles. The van der Waals surface area contributed by atoms with Gasteiger partial charge in [0.1, 0.15) is 18.3 Å². The monoisotopic (exact) mass is 681 g/mol. The SMILES string of the molecule is COc1ccc(S(=O)(=O)N(CC(=O)N(Cc2ccc(Cl)cc2)[C@@H](Cc2ccccc2)C(=O)NC(C)(C)C)c2ccc(Cl)cc2)cc1. The number of rotatable bonds is 12. The fraction of sp³-hybridized carbons (Fsp3) is 0.257. The molecule has 2 amide bonds. The minimum absolute atomic E-state index is 0.0299. The summed E-state index contributed by atoms with van der Waals surface area (Å²) >= 11 is 12.3. The van der Waals surface area contributed by atoms with Gasteiger partial charge in [0, 0.05) is 28.5 Å². The number of anilines is 1. The predicted molar refractivity (Wildman–Crippen MR) is 183 cm³/mol. The summed E-state index contributed by atoms with van der Waals surface area (Å²) in [5, 5.41) is 3.94. The number of nitrogens with one attached hydrogen (secondary N) is 1. The fourth-order valence-corrected chi connectivity index (χ4v) is 6.47. The zero-order valence-electron chi connectivity index (χ0n) is 26.1. The second-order valence-electron chi connectivity index (χ2n) is 11.8. The van der Waals surface area contributed by atoms with Crippen molar-refractivity contribution in [2.45, 2.75) is 50.2 Å². The summed E-state index contributed by atoms with van der Waals surface area (Å²) in [7, 11) is -2.78. The molecule has 8 nitrogen and oxygen atoms in total. The van der Waals surface area contributed by atoms with E-state index in [0.29, 0.717) is 15.8 Å². The molecule has 4 aromatic rings. The highest BCUT2D eigenvalue weighted by molar-refractivity contribution is 7.92. The van der Waals surface area contributed by atoms with Crippen molar-refractivity contribution in [2.24, 2.45) is 0 Å². The lowest BCUT2D eigenvalue weighted by molar-refractivity contribution is -0.140. The molecule has 0 fully saturated rings. The highest BCUT2D eigenvalue weighted by Gasteiger charge is 2.35. The molecule has 0 radical (unpaired) electrons. The Labute approximate surface area is 280 Å². The van der Waals surface area contributed by atoms with Crippen molar-refractivity contribution >= 4 is 50.7 Å². The van der Waals surface area contributed by atoms with Crippen molar-refractivity contribution in [3.8, 4) is 5.75 Å². The second kappa shape index (κ2) is 15.0. The summed E-state index contributed by atoms with van der Waals surface area (Å²) < 4.78 is 34.5. The van der Waals surface area contributed by atoms with Gasteiger partial charge in [-0.3, -0.25) is 13.9 Å². The van der Waals surface area contributed by atoms with E-state index in [4.69, 9.17) is 27.9 Å². The number of nitrogens with zero attached hydrogens (tertiary/aromatic N) is 2. The van der Waals surface area contributed by atoms with Crippen LogP contribution in [0.1, 0.15) is 31.9 Å². The lowest BCUT2D eigenvalue weighted by Gasteiger charge is -2.35. The number of hydrogen-bond acceptors (Lipinski definition) is 5. The van der Waals surface area contributed by atoms with E-state index in [-0.39, 0.29) is 29.5 Å². The first kappa shape index (κ1) is 34.8. The number of carbonyl (C=O) groups is 2. The summed E-state index contributed by atoms with van der Waals surface area (Å²) in [6.07, 6.45) is 0.203.